The quantitative estimate of drug-likeness (QED) is 0.674. The molecule has 1 atom stereocenters. The first kappa shape index (κ1) is 14.7. The molecule has 0 amide bonds. The Hall–Kier alpha value is 0.610. The van der Waals surface area contributed by atoms with Crippen LogP contribution >= 0.6 is 47.8 Å². The van der Waals surface area contributed by atoms with Gasteiger partial charge in [0.15, 0.2) is 0 Å². The van der Waals surface area contributed by atoms with E-state index < -0.39 is 9.84 Å². The van der Waals surface area contributed by atoms with Crippen molar-refractivity contribution in [3.63, 3.8) is 0 Å². The molecule has 0 N–H and O–H groups in total. The number of aryl methyl sites for hydroxylation is 1. The third-order valence-corrected chi connectivity index (χ3v) is 5.79. The van der Waals surface area contributed by atoms with Gasteiger partial charge in [0.2, 0.25) is 0 Å². The zero-order valence-corrected chi connectivity index (χ0v) is 14.4. The molecule has 16 heavy (non-hydrogen) atoms. The van der Waals surface area contributed by atoms with E-state index in [1.54, 1.807) is 0 Å². The third-order valence-electron chi connectivity index (χ3n) is 2.06. The highest BCUT2D eigenvalue weighted by Gasteiger charge is 2.17. The molecule has 0 spiro atoms. The summed E-state index contributed by atoms with van der Waals surface area (Å²) < 4.78 is 24.3. The number of hydrogen-bond donors (Lipinski definition) is 0. The van der Waals surface area contributed by atoms with Gasteiger partial charge in [0.1, 0.15) is 9.84 Å². The van der Waals surface area contributed by atoms with Crippen molar-refractivity contribution in [2.45, 2.75) is 11.8 Å². The van der Waals surface area contributed by atoms with E-state index in [1.165, 1.54) is 6.26 Å². The molecular weight excluding hydrogens is 424 g/mol. The van der Waals surface area contributed by atoms with Crippen LogP contribution in [0.2, 0.25) is 0 Å². The van der Waals surface area contributed by atoms with Crippen LogP contribution in [0.5, 0.6) is 0 Å². The van der Waals surface area contributed by atoms with Crippen molar-refractivity contribution < 1.29 is 8.42 Å². The van der Waals surface area contributed by atoms with E-state index >= 15 is 0 Å². The van der Waals surface area contributed by atoms with Gasteiger partial charge in [-0.15, -0.1) is 0 Å². The van der Waals surface area contributed by atoms with E-state index in [0.717, 1.165) is 20.1 Å². The van der Waals surface area contributed by atoms with Crippen LogP contribution in [0, 0.1) is 6.92 Å². The van der Waals surface area contributed by atoms with Gasteiger partial charge < -0.3 is 0 Å². The lowest BCUT2D eigenvalue weighted by atomic mass is 10.1. The minimum Gasteiger partial charge on any atom is -0.229 e. The van der Waals surface area contributed by atoms with Crippen molar-refractivity contribution in [2.75, 3.05) is 12.0 Å². The highest BCUT2D eigenvalue weighted by Crippen LogP contribution is 2.34. The van der Waals surface area contributed by atoms with Gasteiger partial charge in [-0.25, -0.2) is 8.42 Å². The van der Waals surface area contributed by atoms with Crippen LogP contribution in [0.3, 0.4) is 0 Å². The molecule has 1 unspecified atom stereocenters. The summed E-state index contributed by atoms with van der Waals surface area (Å²) in [6, 6.07) is 3.90. The molecule has 0 radical (unpaired) electrons. The van der Waals surface area contributed by atoms with Crippen LogP contribution in [-0.2, 0) is 9.84 Å². The van der Waals surface area contributed by atoms with Gasteiger partial charge in [-0.3, -0.25) is 0 Å². The molecule has 0 aliphatic carbocycles. The number of alkyl halides is 1. The fraction of sp³-hybridized carbons (Fsp3) is 0.400. The van der Waals surface area contributed by atoms with E-state index in [-0.39, 0.29) is 10.6 Å². The standard InChI is InChI=1S/C10H11Br3O2S/c1-6-3-9(12)7(4-8(6)11)10(13)5-16(2,14)15/h3-4,10H,5H2,1-2H3. The Morgan fingerprint density at radius 3 is 2.31 bits per heavy atom. The molecule has 2 nitrogen and oxygen atoms in total. The molecule has 0 aliphatic heterocycles. The van der Waals surface area contributed by atoms with Gasteiger partial charge >= 0.3 is 0 Å². The molecule has 1 rings (SSSR count). The van der Waals surface area contributed by atoms with Crippen LogP contribution in [0.25, 0.3) is 0 Å². The number of halogens is 3. The molecule has 0 saturated carbocycles. The van der Waals surface area contributed by atoms with Crippen LogP contribution in [0.15, 0.2) is 21.1 Å². The average Bonchev–Trinajstić information content (AvgIpc) is 2.08. The molecule has 0 fully saturated rings. The Labute approximate surface area is 121 Å². The number of benzene rings is 1. The first-order valence-electron chi connectivity index (χ1n) is 4.48. The molecule has 0 heterocycles. The van der Waals surface area contributed by atoms with Crippen LogP contribution in [-0.4, -0.2) is 20.4 Å². The molecule has 1 aromatic rings. The summed E-state index contributed by atoms with van der Waals surface area (Å²) >= 11 is 10.3. The largest absolute Gasteiger partial charge is 0.229 e. The second kappa shape index (κ2) is 5.50. The first-order chi connectivity index (χ1) is 7.20. The maximum absolute atomic E-state index is 11.2. The second-order valence-corrected chi connectivity index (χ2v) is 8.68. The summed E-state index contributed by atoms with van der Waals surface area (Å²) in [4.78, 5) is -0.200. The van der Waals surface area contributed by atoms with Gasteiger partial charge in [0, 0.05) is 15.2 Å². The van der Waals surface area contributed by atoms with Gasteiger partial charge in [-0.2, -0.15) is 0 Å². The summed E-state index contributed by atoms with van der Waals surface area (Å²) in [5, 5.41) is 0. The van der Waals surface area contributed by atoms with Crippen LogP contribution in [0.1, 0.15) is 16.0 Å². The van der Waals surface area contributed by atoms with Crippen molar-refractivity contribution >= 4 is 57.6 Å². The van der Waals surface area contributed by atoms with E-state index in [0.29, 0.717) is 0 Å². The minimum atomic E-state index is -2.99. The van der Waals surface area contributed by atoms with Crippen molar-refractivity contribution in [3.05, 3.63) is 32.2 Å². The van der Waals surface area contributed by atoms with Crippen LogP contribution < -0.4 is 0 Å². The first-order valence-corrected chi connectivity index (χ1v) is 9.04. The Morgan fingerprint density at radius 1 is 1.25 bits per heavy atom. The smallest absolute Gasteiger partial charge is 0.148 e. The summed E-state index contributed by atoms with van der Waals surface area (Å²) in [6.07, 6.45) is 1.23. The lowest BCUT2D eigenvalue weighted by molar-refractivity contribution is 0.601. The van der Waals surface area contributed by atoms with Gasteiger partial charge in [0.05, 0.1) is 10.6 Å². The van der Waals surface area contributed by atoms with Crippen molar-refractivity contribution in [2.24, 2.45) is 0 Å². The predicted octanol–water partition coefficient (Wildman–Crippen LogP) is 4.00. The van der Waals surface area contributed by atoms with Crippen LogP contribution in [0.4, 0.5) is 0 Å². The average molecular weight is 435 g/mol. The van der Waals surface area contributed by atoms with Gasteiger partial charge in [-0.1, -0.05) is 47.8 Å². The minimum absolute atomic E-state index is 0.0844. The second-order valence-electron chi connectivity index (χ2n) is 3.68. The van der Waals surface area contributed by atoms with Crippen molar-refractivity contribution in [1.29, 1.82) is 0 Å². The van der Waals surface area contributed by atoms with Gasteiger partial charge in [0.25, 0.3) is 0 Å². The zero-order valence-electron chi connectivity index (χ0n) is 8.80. The summed E-state index contributed by atoms with van der Waals surface area (Å²) in [5.74, 6) is 0.0844. The van der Waals surface area contributed by atoms with Crippen molar-refractivity contribution in [3.8, 4) is 0 Å². The highest BCUT2D eigenvalue weighted by atomic mass is 79.9. The van der Waals surface area contributed by atoms with E-state index in [4.69, 9.17) is 0 Å². The maximum atomic E-state index is 11.2. The number of rotatable bonds is 3. The number of hydrogen-bond acceptors (Lipinski definition) is 2. The normalized spacial score (nSPS) is 13.8. The van der Waals surface area contributed by atoms with E-state index in [9.17, 15) is 8.42 Å². The fourth-order valence-corrected chi connectivity index (χ4v) is 5.19. The Bertz CT molecular complexity index is 497. The third kappa shape index (κ3) is 4.13. The topological polar surface area (TPSA) is 34.1 Å². The van der Waals surface area contributed by atoms with E-state index in [1.807, 2.05) is 19.1 Å². The Kier molecular flexibility index (Phi) is 5.04. The highest BCUT2D eigenvalue weighted by molar-refractivity contribution is 9.11. The SMILES string of the molecule is Cc1cc(Br)c(C(Br)CS(C)(=O)=O)cc1Br. The monoisotopic (exact) mass is 432 g/mol. The molecule has 0 aliphatic rings. The lowest BCUT2D eigenvalue weighted by Gasteiger charge is -2.13. The van der Waals surface area contributed by atoms with E-state index in [2.05, 4.69) is 47.8 Å². The molecule has 0 aromatic heterocycles. The molecule has 90 valence electrons. The summed E-state index contributed by atoms with van der Waals surface area (Å²) in [5.41, 5.74) is 2.04. The molecule has 6 heteroatoms. The Balaban J connectivity index is 3.09. The zero-order chi connectivity index (χ0) is 12.5. The predicted molar refractivity (Wildman–Crippen MR) is 78.0 cm³/mol. The van der Waals surface area contributed by atoms with Gasteiger partial charge in [-0.05, 0) is 30.2 Å². The summed E-state index contributed by atoms with van der Waals surface area (Å²) in [6.45, 7) is 1.98. The van der Waals surface area contributed by atoms with Crippen molar-refractivity contribution in [1.82, 2.24) is 0 Å². The molecule has 1 aromatic carbocycles. The Morgan fingerprint density at radius 2 is 1.81 bits per heavy atom. The lowest BCUT2D eigenvalue weighted by Crippen LogP contribution is -2.09. The molecular formula is C10H11Br3O2S. The maximum Gasteiger partial charge on any atom is 0.148 e. The summed E-state index contributed by atoms with van der Waals surface area (Å²) in [7, 11) is -2.99. The molecule has 0 bridgehead atoms. The fourth-order valence-electron chi connectivity index (χ4n) is 1.26. The number of sulfone groups is 1. The molecule has 0 saturated heterocycles.